The molecule has 1 heterocycles. The zero-order valence-electron chi connectivity index (χ0n) is 14.2. The zero-order chi connectivity index (χ0) is 14.9. The van der Waals surface area contributed by atoms with E-state index in [1.807, 2.05) is 0 Å². The Kier molecular flexibility index (Phi) is 8.05. The van der Waals surface area contributed by atoms with Crippen molar-refractivity contribution in [2.45, 2.75) is 82.7 Å². The molecule has 0 aromatic carbocycles. The fourth-order valence-corrected chi connectivity index (χ4v) is 4.05. The quantitative estimate of drug-likeness (QED) is 0.806. The van der Waals surface area contributed by atoms with Crippen molar-refractivity contribution in [1.82, 2.24) is 9.80 Å². The molecule has 0 aromatic heterocycles. The summed E-state index contributed by atoms with van der Waals surface area (Å²) in [7, 11) is 2.25. The Morgan fingerprint density at radius 3 is 2.00 bits per heavy atom. The third kappa shape index (κ3) is 6.25. The second-order valence-electron chi connectivity index (χ2n) is 7.33. The van der Waals surface area contributed by atoms with E-state index in [0.29, 0.717) is 12.1 Å². The summed E-state index contributed by atoms with van der Waals surface area (Å²) in [6.07, 6.45) is 15.1. The van der Waals surface area contributed by atoms with Crippen LogP contribution in [0.15, 0.2) is 0 Å². The van der Waals surface area contributed by atoms with Crippen LogP contribution in [0.5, 0.6) is 0 Å². The van der Waals surface area contributed by atoms with Crippen LogP contribution in [-0.4, -0.2) is 55.1 Å². The van der Waals surface area contributed by atoms with Gasteiger partial charge in [0.05, 0.1) is 0 Å². The second kappa shape index (κ2) is 9.81. The molecule has 3 nitrogen and oxygen atoms in total. The van der Waals surface area contributed by atoms with E-state index in [1.54, 1.807) is 0 Å². The molecule has 0 aromatic rings. The Hall–Kier alpha value is -0.120. The van der Waals surface area contributed by atoms with Gasteiger partial charge in [-0.1, -0.05) is 51.4 Å². The van der Waals surface area contributed by atoms with Gasteiger partial charge in [-0.2, -0.15) is 0 Å². The molecule has 2 rings (SSSR count). The summed E-state index contributed by atoms with van der Waals surface area (Å²) in [6.45, 7) is 4.93. The molecule has 21 heavy (non-hydrogen) atoms. The monoisotopic (exact) mass is 295 g/mol. The van der Waals surface area contributed by atoms with Crippen LogP contribution in [0, 0.1) is 0 Å². The van der Waals surface area contributed by atoms with E-state index in [-0.39, 0.29) is 0 Å². The molecule has 2 unspecified atom stereocenters. The lowest BCUT2D eigenvalue weighted by Gasteiger charge is -2.35. The van der Waals surface area contributed by atoms with Crippen molar-refractivity contribution in [3.8, 4) is 0 Å². The first-order chi connectivity index (χ1) is 10.3. The van der Waals surface area contributed by atoms with Gasteiger partial charge in [0.2, 0.25) is 0 Å². The molecular weight excluding hydrogens is 258 g/mol. The van der Waals surface area contributed by atoms with E-state index in [1.165, 1.54) is 96.8 Å². The highest BCUT2D eigenvalue weighted by atomic mass is 15.2. The van der Waals surface area contributed by atoms with Gasteiger partial charge in [0.25, 0.3) is 0 Å². The first-order valence-electron chi connectivity index (χ1n) is 9.45. The van der Waals surface area contributed by atoms with Crippen LogP contribution in [0.4, 0.5) is 0 Å². The van der Waals surface area contributed by atoms with Crippen molar-refractivity contribution in [1.29, 1.82) is 0 Å². The highest BCUT2D eigenvalue weighted by Gasteiger charge is 2.25. The van der Waals surface area contributed by atoms with Crippen molar-refractivity contribution in [3.05, 3.63) is 0 Å². The molecule has 1 saturated heterocycles. The number of likely N-dealkylation sites (N-methyl/N-ethyl adjacent to an activating group) is 1. The largest absolute Gasteiger partial charge is 0.326 e. The Labute approximate surface area is 132 Å². The molecule has 3 heteroatoms. The molecule has 0 radical (unpaired) electrons. The van der Waals surface area contributed by atoms with Crippen molar-refractivity contribution >= 4 is 0 Å². The average Bonchev–Trinajstić information content (AvgIpc) is 2.68. The third-order valence-electron chi connectivity index (χ3n) is 5.50. The molecule has 0 spiro atoms. The highest BCUT2D eigenvalue weighted by molar-refractivity contribution is 4.84. The van der Waals surface area contributed by atoms with Gasteiger partial charge in [0, 0.05) is 25.2 Å². The second-order valence-corrected chi connectivity index (χ2v) is 7.33. The van der Waals surface area contributed by atoms with Gasteiger partial charge in [-0.25, -0.2) is 0 Å². The molecule has 1 saturated carbocycles. The van der Waals surface area contributed by atoms with Crippen LogP contribution in [0.25, 0.3) is 0 Å². The predicted octanol–water partition coefficient (Wildman–Crippen LogP) is 3.23. The maximum Gasteiger partial charge on any atom is 0.0247 e. The fourth-order valence-electron chi connectivity index (χ4n) is 4.05. The fraction of sp³-hybridized carbons (Fsp3) is 1.00. The smallest absolute Gasteiger partial charge is 0.0247 e. The predicted molar refractivity (Wildman–Crippen MR) is 91.6 cm³/mol. The lowest BCUT2D eigenvalue weighted by atomic mass is 9.93. The summed E-state index contributed by atoms with van der Waals surface area (Å²) in [4.78, 5) is 5.20. The zero-order valence-corrected chi connectivity index (χ0v) is 14.2. The summed E-state index contributed by atoms with van der Waals surface area (Å²) < 4.78 is 0. The lowest BCUT2D eigenvalue weighted by Crippen LogP contribution is -2.49. The van der Waals surface area contributed by atoms with Gasteiger partial charge >= 0.3 is 0 Å². The van der Waals surface area contributed by atoms with Gasteiger partial charge in [0.15, 0.2) is 0 Å². The molecule has 2 N–H and O–H groups in total. The number of rotatable bonds is 1. The van der Waals surface area contributed by atoms with Crippen molar-refractivity contribution in [2.24, 2.45) is 5.73 Å². The number of nitrogens with two attached hydrogens (primary N) is 1. The number of nitrogens with zero attached hydrogens (tertiary/aromatic N) is 2. The molecule has 1 aliphatic heterocycles. The number of hydrogen-bond donors (Lipinski definition) is 1. The molecule has 0 amide bonds. The van der Waals surface area contributed by atoms with E-state index in [4.69, 9.17) is 5.73 Å². The Balaban J connectivity index is 1.90. The highest BCUT2D eigenvalue weighted by Crippen LogP contribution is 2.21. The summed E-state index contributed by atoms with van der Waals surface area (Å²) in [6, 6.07) is 1.03. The van der Waals surface area contributed by atoms with E-state index < -0.39 is 0 Å². The van der Waals surface area contributed by atoms with Crippen molar-refractivity contribution in [2.75, 3.05) is 33.2 Å². The topological polar surface area (TPSA) is 32.5 Å². The van der Waals surface area contributed by atoms with E-state index in [9.17, 15) is 0 Å². The van der Waals surface area contributed by atoms with Gasteiger partial charge in [-0.05, 0) is 39.4 Å². The average molecular weight is 296 g/mol. The van der Waals surface area contributed by atoms with E-state index in [2.05, 4.69) is 16.8 Å². The third-order valence-corrected chi connectivity index (χ3v) is 5.50. The van der Waals surface area contributed by atoms with Gasteiger partial charge in [0.1, 0.15) is 0 Å². The SMILES string of the molecule is CN1CCCN(C2CCCCCCCCCCC2N)CC1. The normalized spacial score (nSPS) is 32.9. The van der Waals surface area contributed by atoms with Crippen LogP contribution in [-0.2, 0) is 0 Å². The minimum atomic E-state index is 0.396. The maximum atomic E-state index is 6.62. The van der Waals surface area contributed by atoms with Crippen LogP contribution >= 0.6 is 0 Å². The van der Waals surface area contributed by atoms with Crippen molar-refractivity contribution < 1.29 is 0 Å². The molecular formula is C18H37N3. The van der Waals surface area contributed by atoms with E-state index in [0.717, 1.165) is 0 Å². The molecule has 2 aliphatic rings. The standard InChI is InChI=1S/C18H37N3/c1-20-13-10-14-21(16-15-20)18-12-9-7-5-3-2-4-6-8-11-17(18)19/h17-18H,2-16,19H2,1H3. The van der Waals surface area contributed by atoms with Crippen LogP contribution in [0.1, 0.15) is 70.6 Å². The van der Waals surface area contributed by atoms with Crippen molar-refractivity contribution in [3.63, 3.8) is 0 Å². The molecule has 2 fully saturated rings. The first kappa shape index (κ1) is 17.2. The van der Waals surface area contributed by atoms with E-state index >= 15 is 0 Å². The summed E-state index contributed by atoms with van der Waals surface area (Å²) in [5, 5.41) is 0. The van der Waals surface area contributed by atoms with Gasteiger partial charge < -0.3 is 10.6 Å². The van der Waals surface area contributed by atoms with Crippen LogP contribution in [0.2, 0.25) is 0 Å². The minimum Gasteiger partial charge on any atom is -0.326 e. The Bertz CT molecular complexity index is 269. The summed E-state index contributed by atoms with van der Waals surface area (Å²) in [5.74, 6) is 0. The minimum absolute atomic E-state index is 0.396. The molecule has 2 atom stereocenters. The van der Waals surface area contributed by atoms with Crippen LogP contribution in [0.3, 0.4) is 0 Å². The summed E-state index contributed by atoms with van der Waals surface area (Å²) in [5.41, 5.74) is 6.62. The molecule has 0 bridgehead atoms. The number of hydrogen-bond acceptors (Lipinski definition) is 3. The lowest BCUT2D eigenvalue weighted by molar-refractivity contribution is 0.158. The molecule has 1 aliphatic carbocycles. The Morgan fingerprint density at radius 1 is 0.667 bits per heavy atom. The van der Waals surface area contributed by atoms with Crippen LogP contribution < -0.4 is 5.73 Å². The molecule has 124 valence electrons. The van der Waals surface area contributed by atoms with Gasteiger partial charge in [-0.15, -0.1) is 0 Å². The summed E-state index contributed by atoms with van der Waals surface area (Å²) >= 11 is 0. The first-order valence-corrected chi connectivity index (χ1v) is 9.45. The Morgan fingerprint density at radius 2 is 1.29 bits per heavy atom. The van der Waals surface area contributed by atoms with Gasteiger partial charge in [-0.3, -0.25) is 4.90 Å². The maximum absolute atomic E-state index is 6.62.